The predicted octanol–water partition coefficient (Wildman–Crippen LogP) is 6.67. The van der Waals surface area contributed by atoms with Crippen LogP contribution in [0.4, 0.5) is 5.69 Å². The van der Waals surface area contributed by atoms with Crippen LogP contribution in [0.2, 0.25) is 5.02 Å². The fraction of sp³-hybridized carbons (Fsp3) is 0. The number of anilines is 1. The van der Waals surface area contributed by atoms with Crippen LogP contribution in [0.25, 0.3) is 11.3 Å². The van der Waals surface area contributed by atoms with Crippen molar-refractivity contribution in [3.05, 3.63) is 87.2 Å². The molecule has 29 heavy (non-hydrogen) atoms. The summed E-state index contributed by atoms with van der Waals surface area (Å²) in [6.45, 7) is 0. The van der Waals surface area contributed by atoms with Crippen LogP contribution in [-0.2, 0) is 0 Å². The Labute approximate surface area is 184 Å². The molecule has 0 bridgehead atoms. The summed E-state index contributed by atoms with van der Waals surface area (Å²) in [5.41, 5.74) is 1.79. The van der Waals surface area contributed by atoms with Gasteiger partial charge in [0, 0.05) is 15.1 Å². The second kappa shape index (κ2) is 8.73. The Morgan fingerprint density at radius 1 is 1.03 bits per heavy atom. The van der Waals surface area contributed by atoms with Crippen LogP contribution in [0.3, 0.4) is 0 Å². The molecule has 0 fully saturated rings. The van der Waals surface area contributed by atoms with Gasteiger partial charge in [-0.25, -0.2) is 0 Å². The summed E-state index contributed by atoms with van der Waals surface area (Å²) in [5, 5.41) is 7.47. The number of carbonyl (C=O) groups is 1. The second-order valence-corrected chi connectivity index (χ2v) is 8.07. The number of aromatic nitrogens is 2. The summed E-state index contributed by atoms with van der Waals surface area (Å²) in [5.74, 6) is 0.801. The number of hydrogen-bond acceptors (Lipinski definition) is 5. The summed E-state index contributed by atoms with van der Waals surface area (Å²) in [4.78, 5) is 13.4. The first-order chi connectivity index (χ1) is 14.1. The van der Waals surface area contributed by atoms with E-state index in [-0.39, 0.29) is 5.91 Å². The first-order valence-corrected chi connectivity index (χ1v) is 10.5. The molecule has 0 aliphatic heterocycles. The average Bonchev–Trinajstić information content (AvgIpc) is 3.21. The molecule has 0 aliphatic carbocycles. The predicted molar refractivity (Wildman–Crippen MR) is 119 cm³/mol. The lowest BCUT2D eigenvalue weighted by Gasteiger charge is -2.12. The molecule has 1 amide bonds. The lowest BCUT2D eigenvalue weighted by molar-refractivity contribution is 0.103. The minimum Gasteiger partial charge on any atom is -0.455 e. The van der Waals surface area contributed by atoms with E-state index in [1.54, 1.807) is 18.2 Å². The molecule has 5 nitrogen and oxygen atoms in total. The second-order valence-electron chi connectivity index (χ2n) is 5.97. The van der Waals surface area contributed by atoms with Crippen molar-refractivity contribution in [3.63, 3.8) is 0 Å². The van der Waals surface area contributed by atoms with Crippen molar-refractivity contribution < 1.29 is 9.53 Å². The molecular formula is C21H13BrClN3O2S. The summed E-state index contributed by atoms with van der Waals surface area (Å²) in [7, 11) is 0. The Morgan fingerprint density at radius 2 is 1.79 bits per heavy atom. The summed E-state index contributed by atoms with van der Waals surface area (Å²) in [6.07, 6.45) is 0. The van der Waals surface area contributed by atoms with Crippen LogP contribution in [-0.4, -0.2) is 15.5 Å². The molecule has 0 spiro atoms. The molecule has 3 aromatic carbocycles. The Kier molecular flexibility index (Phi) is 5.89. The van der Waals surface area contributed by atoms with Gasteiger partial charge in [-0.1, -0.05) is 62.4 Å². The SMILES string of the molecule is O=C(Nc1cc(Cl)ccc1Oc1ccccc1)c1snnc1-c1ccc(Br)cc1. The molecule has 0 saturated heterocycles. The van der Waals surface area contributed by atoms with E-state index in [4.69, 9.17) is 16.3 Å². The molecule has 1 N–H and O–H groups in total. The van der Waals surface area contributed by atoms with Crippen molar-refractivity contribution in [2.24, 2.45) is 0 Å². The van der Waals surface area contributed by atoms with Gasteiger partial charge in [0.05, 0.1) is 5.69 Å². The Balaban J connectivity index is 1.62. The van der Waals surface area contributed by atoms with Crippen molar-refractivity contribution in [2.75, 3.05) is 5.32 Å². The molecule has 0 aliphatic rings. The molecule has 0 saturated carbocycles. The normalized spacial score (nSPS) is 10.6. The van der Waals surface area contributed by atoms with Crippen LogP contribution in [0.5, 0.6) is 11.5 Å². The van der Waals surface area contributed by atoms with Gasteiger partial charge in [0.25, 0.3) is 5.91 Å². The van der Waals surface area contributed by atoms with Crippen LogP contribution in [0.15, 0.2) is 77.3 Å². The smallest absolute Gasteiger partial charge is 0.269 e. The van der Waals surface area contributed by atoms with Crippen molar-refractivity contribution in [2.45, 2.75) is 0 Å². The Hall–Kier alpha value is -2.74. The van der Waals surface area contributed by atoms with Crippen molar-refractivity contribution in [1.82, 2.24) is 9.59 Å². The highest BCUT2D eigenvalue weighted by Gasteiger charge is 2.19. The van der Waals surface area contributed by atoms with Crippen LogP contribution >= 0.6 is 39.1 Å². The molecule has 1 aromatic heterocycles. The maximum absolute atomic E-state index is 13.0. The highest BCUT2D eigenvalue weighted by Crippen LogP contribution is 2.33. The van der Waals surface area contributed by atoms with Crippen molar-refractivity contribution in [3.8, 4) is 22.8 Å². The summed E-state index contributed by atoms with van der Waals surface area (Å²) < 4.78 is 10.8. The monoisotopic (exact) mass is 485 g/mol. The first kappa shape index (κ1) is 19.6. The first-order valence-electron chi connectivity index (χ1n) is 8.52. The zero-order valence-corrected chi connectivity index (χ0v) is 18.0. The number of rotatable bonds is 5. The van der Waals surface area contributed by atoms with E-state index in [0.29, 0.717) is 32.8 Å². The topological polar surface area (TPSA) is 64.1 Å². The zero-order valence-electron chi connectivity index (χ0n) is 14.8. The number of para-hydroxylation sites is 1. The number of ether oxygens (including phenoxy) is 1. The molecule has 8 heteroatoms. The van der Waals surface area contributed by atoms with Crippen LogP contribution in [0.1, 0.15) is 9.67 Å². The van der Waals surface area contributed by atoms with Crippen molar-refractivity contribution in [1.29, 1.82) is 0 Å². The number of nitrogens with zero attached hydrogens (tertiary/aromatic N) is 2. The number of amides is 1. The van der Waals surface area contributed by atoms with Gasteiger partial charge < -0.3 is 10.1 Å². The highest BCUT2D eigenvalue weighted by molar-refractivity contribution is 9.10. The Morgan fingerprint density at radius 3 is 2.55 bits per heavy atom. The molecule has 1 heterocycles. The van der Waals surface area contributed by atoms with E-state index < -0.39 is 0 Å². The third-order valence-corrected chi connectivity index (χ3v) is 5.46. The number of nitrogens with one attached hydrogen (secondary N) is 1. The Bertz CT molecular complexity index is 1150. The van der Waals surface area contributed by atoms with Gasteiger partial charge in [-0.15, -0.1) is 5.10 Å². The minimum absolute atomic E-state index is 0.335. The van der Waals surface area contributed by atoms with E-state index in [0.717, 1.165) is 21.6 Å². The van der Waals surface area contributed by atoms with E-state index in [9.17, 15) is 4.79 Å². The van der Waals surface area contributed by atoms with E-state index >= 15 is 0 Å². The number of halogens is 2. The third kappa shape index (κ3) is 4.64. The lowest BCUT2D eigenvalue weighted by Crippen LogP contribution is -2.12. The van der Waals surface area contributed by atoms with Gasteiger partial charge in [0.1, 0.15) is 16.3 Å². The maximum Gasteiger partial charge on any atom is 0.269 e. The third-order valence-electron chi connectivity index (χ3n) is 3.97. The zero-order chi connectivity index (χ0) is 20.2. The molecule has 144 valence electrons. The van der Waals surface area contributed by atoms with E-state index in [1.807, 2.05) is 54.6 Å². The highest BCUT2D eigenvalue weighted by atomic mass is 79.9. The number of hydrogen-bond donors (Lipinski definition) is 1. The minimum atomic E-state index is -0.335. The molecule has 0 radical (unpaired) electrons. The van der Waals surface area contributed by atoms with Gasteiger partial charge in [-0.05, 0) is 54.0 Å². The van der Waals surface area contributed by atoms with Gasteiger partial charge in [0.15, 0.2) is 5.75 Å². The fourth-order valence-electron chi connectivity index (χ4n) is 2.62. The molecule has 0 atom stereocenters. The molecule has 0 unspecified atom stereocenters. The lowest BCUT2D eigenvalue weighted by atomic mass is 10.1. The van der Waals surface area contributed by atoms with Gasteiger partial charge in [0.2, 0.25) is 0 Å². The van der Waals surface area contributed by atoms with Gasteiger partial charge in [-0.2, -0.15) is 0 Å². The largest absolute Gasteiger partial charge is 0.455 e. The van der Waals surface area contributed by atoms with Gasteiger partial charge >= 0.3 is 0 Å². The van der Waals surface area contributed by atoms with Crippen molar-refractivity contribution >= 4 is 50.7 Å². The fourth-order valence-corrected chi connectivity index (χ4v) is 3.64. The maximum atomic E-state index is 13.0. The van der Waals surface area contributed by atoms with Crippen LogP contribution in [0, 0.1) is 0 Å². The number of benzene rings is 3. The van der Waals surface area contributed by atoms with Gasteiger partial charge in [-0.3, -0.25) is 4.79 Å². The number of carbonyl (C=O) groups excluding carboxylic acids is 1. The summed E-state index contributed by atoms with van der Waals surface area (Å²) in [6, 6.07) is 21.9. The summed E-state index contributed by atoms with van der Waals surface area (Å²) >= 11 is 10.6. The standard InChI is InChI=1S/C21H13BrClN3O2S/c22-14-8-6-13(7-9-14)19-20(29-26-25-19)21(27)24-17-12-15(23)10-11-18(17)28-16-4-2-1-3-5-16/h1-12H,(H,24,27). The quantitative estimate of drug-likeness (QED) is 0.342. The average molecular weight is 487 g/mol. The van der Waals surface area contributed by atoms with E-state index in [1.165, 1.54) is 0 Å². The van der Waals surface area contributed by atoms with Crippen LogP contribution < -0.4 is 10.1 Å². The molecule has 4 rings (SSSR count). The van der Waals surface area contributed by atoms with E-state index in [2.05, 4.69) is 30.8 Å². The molecule has 4 aromatic rings. The molecular weight excluding hydrogens is 474 g/mol.